The van der Waals surface area contributed by atoms with Crippen LogP contribution >= 0.6 is 0 Å². The Hall–Kier alpha value is -5.01. The highest BCUT2D eigenvalue weighted by molar-refractivity contribution is 5.94. The maximum atomic E-state index is 13.5. The van der Waals surface area contributed by atoms with Gasteiger partial charge in [-0.3, -0.25) is 14.4 Å². The van der Waals surface area contributed by atoms with E-state index in [0.717, 1.165) is 0 Å². The van der Waals surface area contributed by atoms with E-state index in [2.05, 4.69) is 30.9 Å². The van der Waals surface area contributed by atoms with Crippen molar-refractivity contribution in [1.82, 2.24) is 45.3 Å². The van der Waals surface area contributed by atoms with E-state index >= 15 is 0 Å². The van der Waals surface area contributed by atoms with Crippen LogP contribution in [0.25, 0.3) is 11.0 Å². The summed E-state index contributed by atoms with van der Waals surface area (Å²) in [4.78, 5) is 47.3. The van der Waals surface area contributed by atoms with Crippen LogP contribution in [-0.2, 0) is 22.7 Å². The summed E-state index contributed by atoms with van der Waals surface area (Å²) in [6, 6.07) is 11.9. The molecule has 14 nitrogen and oxygen atoms in total. The lowest BCUT2D eigenvalue weighted by atomic mass is 10.0. The van der Waals surface area contributed by atoms with Gasteiger partial charge >= 0.3 is 0 Å². The van der Waals surface area contributed by atoms with Gasteiger partial charge in [0.1, 0.15) is 35.8 Å². The molecule has 14 heteroatoms. The first-order chi connectivity index (χ1) is 21.2. The highest BCUT2D eigenvalue weighted by atomic mass is 16.5. The van der Waals surface area contributed by atoms with Gasteiger partial charge in [-0.1, -0.05) is 26.0 Å². The Morgan fingerprint density at radius 2 is 1.84 bits per heavy atom. The molecule has 2 aromatic heterocycles. The van der Waals surface area contributed by atoms with Gasteiger partial charge in [0, 0.05) is 18.7 Å². The molecule has 44 heavy (non-hydrogen) atoms. The minimum Gasteiger partial charge on any atom is -0.493 e. The van der Waals surface area contributed by atoms with E-state index in [0.29, 0.717) is 52.7 Å². The number of methoxy groups -OCH3 is 1. The molecule has 5 rings (SSSR count). The molecule has 3 heterocycles. The van der Waals surface area contributed by atoms with E-state index in [9.17, 15) is 14.4 Å². The number of ether oxygens (including phenoxy) is 2. The maximum absolute atomic E-state index is 13.5. The smallest absolute Gasteiger partial charge is 0.251 e. The molecule has 2 aromatic carbocycles. The number of nitrogens with zero attached hydrogens (tertiary/aromatic N) is 7. The molecule has 4 aromatic rings. The first-order valence-electron chi connectivity index (χ1n) is 14.6. The molecule has 0 fully saturated rings. The molecule has 0 unspecified atom stereocenters. The highest BCUT2D eigenvalue weighted by Gasteiger charge is 2.27. The molecule has 232 valence electrons. The second kappa shape index (κ2) is 13.5. The van der Waals surface area contributed by atoms with Crippen LogP contribution < -0.4 is 20.1 Å². The molecule has 0 saturated carbocycles. The first kappa shape index (κ1) is 30.4. The van der Waals surface area contributed by atoms with Crippen LogP contribution in [0, 0.1) is 12.8 Å². The minimum absolute atomic E-state index is 0.0235. The number of aryl methyl sites for hydroxylation is 1. The monoisotopic (exact) mass is 603 g/mol. The van der Waals surface area contributed by atoms with E-state index in [-0.39, 0.29) is 56.4 Å². The molecule has 1 aliphatic rings. The van der Waals surface area contributed by atoms with Crippen molar-refractivity contribution in [2.75, 3.05) is 33.4 Å². The molecule has 2 N–H and O–H groups in total. The van der Waals surface area contributed by atoms with Gasteiger partial charge in [0.15, 0.2) is 11.5 Å². The summed E-state index contributed by atoms with van der Waals surface area (Å²) in [6.07, 6.45) is 0.417. The summed E-state index contributed by atoms with van der Waals surface area (Å²) in [7, 11) is 1.53. The fraction of sp³-hybridized carbons (Fsp3) is 0.433. The van der Waals surface area contributed by atoms with Gasteiger partial charge in [-0.15, -0.1) is 0 Å². The normalized spacial score (nSPS) is 16.8. The Kier molecular flexibility index (Phi) is 9.36. The van der Waals surface area contributed by atoms with Crippen molar-refractivity contribution in [3.63, 3.8) is 0 Å². The van der Waals surface area contributed by atoms with E-state index in [4.69, 9.17) is 9.47 Å². The Morgan fingerprint density at radius 3 is 2.55 bits per heavy atom. The van der Waals surface area contributed by atoms with Gasteiger partial charge in [0.2, 0.25) is 11.8 Å². The molecule has 1 atom stereocenters. The predicted octanol–water partition coefficient (Wildman–Crippen LogP) is 1.89. The Labute approximate surface area is 254 Å². The summed E-state index contributed by atoms with van der Waals surface area (Å²) in [5.41, 5.74) is 1.75. The number of fused-ring (bicyclic) bond motifs is 4. The van der Waals surface area contributed by atoms with E-state index in [1.165, 1.54) is 16.8 Å². The lowest BCUT2D eigenvalue weighted by Crippen LogP contribution is -2.45. The van der Waals surface area contributed by atoms with Gasteiger partial charge < -0.3 is 25.0 Å². The van der Waals surface area contributed by atoms with Crippen molar-refractivity contribution >= 4 is 28.8 Å². The second-order valence-corrected chi connectivity index (χ2v) is 10.9. The third-order valence-corrected chi connectivity index (χ3v) is 7.24. The van der Waals surface area contributed by atoms with Crippen LogP contribution in [0.5, 0.6) is 11.5 Å². The first-order valence-corrected chi connectivity index (χ1v) is 14.6. The number of hydrogen-bond acceptors (Lipinski definition) is 9. The lowest BCUT2D eigenvalue weighted by molar-refractivity contribution is -0.137. The number of rotatable bonds is 4. The Morgan fingerprint density at radius 1 is 1.09 bits per heavy atom. The molecular formula is C30H37N9O5. The largest absolute Gasteiger partial charge is 0.493 e. The third kappa shape index (κ3) is 7.13. The van der Waals surface area contributed by atoms with Crippen molar-refractivity contribution in [3.05, 3.63) is 59.7 Å². The number of benzene rings is 2. The third-order valence-electron chi connectivity index (χ3n) is 7.24. The van der Waals surface area contributed by atoms with E-state index in [1.807, 2.05) is 38.1 Å². The van der Waals surface area contributed by atoms with Crippen molar-refractivity contribution in [3.8, 4) is 11.5 Å². The Balaban J connectivity index is 1.41. The molecule has 0 spiro atoms. The molecule has 0 aliphatic carbocycles. The van der Waals surface area contributed by atoms with Crippen LogP contribution in [0.2, 0.25) is 0 Å². The van der Waals surface area contributed by atoms with E-state index in [1.54, 1.807) is 29.8 Å². The number of carbonyl (C=O) groups is 3. The molecule has 3 amide bonds. The maximum Gasteiger partial charge on any atom is 0.251 e. The summed E-state index contributed by atoms with van der Waals surface area (Å²) < 4.78 is 13.2. The van der Waals surface area contributed by atoms with Crippen molar-refractivity contribution in [1.29, 1.82) is 0 Å². The zero-order chi connectivity index (χ0) is 31.2. The summed E-state index contributed by atoms with van der Waals surface area (Å²) in [5, 5.41) is 19.3. The lowest BCUT2D eigenvalue weighted by Gasteiger charge is -2.26. The van der Waals surface area contributed by atoms with Crippen LogP contribution in [0.3, 0.4) is 0 Å². The zero-order valence-electron chi connectivity index (χ0n) is 25.3. The number of nitrogens with one attached hydrogen (secondary N) is 2. The molecule has 1 aliphatic heterocycles. The van der Waals surface area contributed by atoms with Crippen LogP contribution in [0.1, 0.15) is 48.3 Å². The Bertz CT molecular complexity index is 1610. The standard InChI is InChI=1S/C30H37N9O5/c1-19(2)28-29-32-20(3)34-38(29)14-15-44-25-16-21(10-11-24(25)43-4)30(42)31-12-7-13-37(17-26(40)33-28)27(41)18-39-35-22-8-5-6-9-23(22)36-39/h5-6,8-11,16,19,28H,7,12-15,17-18H2,1-4H3,(H,31,42)(H,33,40)/t28-/m0/s1. The topological polar surface area (TPSA) is 158 Å². The summed E-state index contributed by atoms with van der Waals surface area (Å²) in [6.45, 7) is 6.50. The predicted molar refractivity (Wildman–Crippen MR) is 160 cm³/mol. The quantitative estimate of drug-likeness (QED) is 0.355. The van der Waals surface area contributed by atoms with Crippen molar-refractivity contribution in [2.45, 2.75) is 46.3 Å². The second-order valence-electron chi connectivity index (χ2n) is 10.9. The number of hydrogen-bond donors (Lipinski definition) is 2. The summed E-state index contributed by atoms with van der Waals surface area (Å²) >= 11 is 0. The average Bonchev–Trinajstić information content (AvgIpc) is 3.58. The zero-order valence-corrected chi connectivity index (χ0v) is 25.3. The SMILES string of the molecule is COc1ccc2cc1OCCn1nc(C)nc1[C@H](C(C)C)NC(=O)CN(C(=O)Cn1nc3ccccc3n1)CCCNC2=O. The van der Waals surface area contributed by atoms with Gasteiger partial charge in [-0.2, -0.15) is 20.1 Å². The molecule has 0 saturated heterocycles. The number of aromatic nitrogens is 6. The number of carbonyl (C=O) groups excluding carboxylic acids is 3. The average molecular weight is 604 g/mol. The molecular weight excluding hydrogens is 566 g/mol. The fourth-order valence-corrected chi connectivity index (χ4v) is 5.02. The molecule has 0 radical (unpaired) electrons. The highest BCUT2D eigenvalue weighted by Crippen LogP contribution is 2.28. The van der Waals surface area contributed by atoms with Gasteiger partial charge in [0.05, 0.1) is 26.2 Å². The van der Waals surface area contributed by atoms with E-state index < -0.39 is 6.04 Å². The van der Waals surface area contributed by atoms with Gasteiger partial charge in [0.25, 0.3) is 5.91 Å². The van der Waals surface area contributed by atoms with Crippen LogP contribution in [0.15, 0.2) is 42.5 Å². The minimum atomic E-state index is -0.463. The van der Waals surface area contributed by atoms with Crippen molar-refractivity contribution in [2.24, 2.45) is 5.92 Å². The molecule has 2 bridgehead atoms. The summed E-state index contributed by atoms with van der Waals surface area (Å²) in [5.74, 6) is 1.07. The fourth-order valence-electron chi connectivity index (χ4n) is 5.02. The van der Waals surface area contributed by atoms with Crippen molar-refractivity contribution < 1.29 is 23.9 Å². The van der Waals surface area contributed by atoms with Crippen LogP contribution in [-0.4, -0.2) is 85.7 Å². The number of amides is 3. The van der Waals surface area contributed by atoms with Gasteiger partial charge in [-0.05, 0) is 49.6 Å². The van der Waals surface area contributed by atoms with Crippen LogP contribution in [0.4, 0.5) is 0 Å². The van der Waals surface area contributed by atoms with Gasteiger partial charge in [-0.25, -0.2) is 9.67 Å².